The normalized spacial score (nSPS) is 19.0. The quantitative estimate of drug-likeness (QED) is 0.762. The lowest BCUT2D eigenvalue weighted by molar-refractivity contribution is -0.131. The second-order valence-electron chi connectivity index (χ2n) is 8.61. The van der Waals surface area contributed by atoms with E-state index in [1.165, 1.54) is 12.8 Å². The molecule has 0 spiro atoms. The maximum atomic E-state index is 12.8. The van der Waals surface area contributed by atoms with Crippen LogP contribution in [0.1, 0.15) is 41.2 Å². The third-order valence-electron chi connectivity index (χ3n) is 6.17. The molecule has 4 rings (SSSR count). The summed E-state index contributed by atoms with van der Waals surface area (Å²) >= 11 is 0. The molecular weight excluding hydrogens is 392 g/mol. The molecule has 2 N–H and O–H groups in total. The van der Waals surface area contributed by atoms with E-state index in [9.17, 15) is 9.59 Å². The number of anilines is 1. The van der Waals surface area contributed by atoms with Gasteiger partial charge in [-0.3, -0.25) is 14.5 Å². The molecule has 164 valence electrons. The SMILES string of the molecule is CN(C)c1ncc(-c2ccc(C(N)=O)cc2)c([C@@H]2CCN(C(=O)CN3CCCC3)C2)n1. The molecule has 1 atom stereocenters. The van der Waals surface area contributed by atoms with E-state index in [-0.39, 0.29) is 11.8 Å². The number of carbonyl (C=O) groups excluding carboxylic acids is 2. The number of nitrogens with two attached hydrogens (primary N) is 1. The smallest absolute Gasteiger partial charge is 0.248 e. The standard InChI is InChI=1S/C23H30N6O2/c1-27(2)23-25-13-19(16-5-7-17(8-6-16)22(24)31)21(26-23)18-9-12-29(14-18)20(30)15-28-10-3-4-11-28/h5-8,13,18H,3-4,9-12,14-15H2,1-2H3,(H2,24,31)/t18-/m1/s1. The Morgan fingerprint density at radius 1 is 1.13 bits per heavy atom. The first-order chi connectivity index (χ1) is 14.9. The molecule has 1 aromatic carbocycles. The Morgan fingerprint density at radius 2 is 1.84 bits per heavy atom. The highest BCUT2D eigenvalue weighted by atomic mass is 16.2. The largest absolute Gasteiger partial charge is 0.366 e. The second-order valence-corrected chi connectivity index (χ2v) is 8.61. The van der Waals surface area contributed by atoms with Gasteiger partial charge in [-0.25, -0.2) is 9.97 Å². The zero-order valence-electron chi connectivity index (χ0n) is 18.3. The van der Waals surface area contributed by atoms with Crippen LogP contribution in [-0.4, -0.2) is 78.4 Å². The predicted molar refractivity (Wildman–Crippen MR) is 120 cm³/mol. The lowest BCUT2D eigenvalue weighted by atomic mass is 9.95. The molecule has 0 aliphatic carbocycles. The zero-order valence-corrected chi connectivity index (χ0v) is 18.3. The van der Waals surface area contributed by atoms with E-state index in [1.54, 1.807) is 12.1 Å². The Kier molecular flexibility index (Phi) is 6.18. The van der Waals surface area contributed by atoms with Crippen LogP contribution >= 0.6 is 0 Å². The van der Waals surface area contributed by atoms with E-state index in [0.717, 1.165) is 42.9 Å². The van der Waals surface area contributed by atoms with Crippen molar-refractivity contribution in [1.82, 2.24) is 19.8 Å². The van der Waals surface area contributed by atoms with E-state index < -0.39 is 5.91 Å². The molecule has 2 saturated heterocycles. The van der Waals surface area contributed by atoms with Crippen molar-refractivity contribution in [2.24, 2.45) is 5.73 Å². The highest BCUT2D eigenvalue weighted by Crippen LogP contribution is 2.34. The minimum absolute atomic E-state index is 0.148. The number of rotatable bonds is 6. The fourth-order valence-corrected chi connectivity index (χ4v) is 4.39. The maximum absolute atomic E-state index is 12.8. The van der Waals surface area contributed by atoms with Crippen molar-refractivity contribution in [3.8, 4) is 11.1 Å². The summed E-state index contributed by atoms with van der Waals surface area (Å²) in [7, 11) is 3.84. The van der Waals surface area contributed by atoms with Crippen molar-refractivity contribution in [1.29, 1.82) is 0 Å². The van der Waals surface area contributed by atoms with Gasteiger partial charge in [0.1, 0.15) is 0 Å². The number of amides is 2. The number of carbonyl (C=O) groups is 2. The molecule has 0 bridgehead atoms. The van der Waals surface area contributed by atoms with Gasteiger partial charge >= 0.3 is 0 Å². The lowest BCUT2D eigenvalue weighted by Crippen LogP contribution is -2.38. The van der Waals surface area contributed by atoms with Gasteiger partial charge in [0.15, 0.2) is 0 Å². The van der Waals surface area contributed by atoms with Crippen molar-refractivity contribution in [2.45, 2.75) is 25.2 Å². The number of benzene rings is 1. The maximum Gasteiger partial charge on any atom is 0.248 e. The Labute approximate surface area is 183 Å². The minimum Gasteiger partial charge on any atom is -0.366 e. The van der Waals surface area contributed by atoms with Crippen LogP contribution in [0.5, 0.6) is 0 Å². The van der Waals surface area contributed by atoms with Crippen molar-refractivity contribution < 1.29 is 9.59 Å². The molecule has 2 aliphatic rings. The Hall–Kier alpha value is -3.00. The van der Waals surface area contributed by atoms with Crippen molar-refractivity contribution >= 4 is 17.8 Å². The monoisotopic (exact) mass is 422 g/mol. The fourth-order valence-electron chi connectivity index (χ4n) is 4.39. The summed E-state index contributed by atoms with van der Waals surface area (Å²) in [6.45, 7) is 3.97. The first-order valence-corrected chi connectivity index (χ1v) is 10.9. The molecule has 0 unspecified atom stereocenters. The summed E-state index contributed by atoms with van der Waals surface area (Å²) in [6.07, 6.45) is 5.08. The van der Waals surface area contributed by atoms with Crippen LogP contribution in [0.3, 0.4) is 0 Å². The van der Waals surface area contributed by atoms with Crippen LogP contribution in [0.25, 0.3) is 11.1 Å². The van der Waals surface area contributed by atoms with Crippen LogP contribution in [-0.2, 0) is 4.79 Å². The average Bonchev–Trinajstić information content (AvgIpc) is 3.45. The number of likely N-dealkylation sites (tertiary alicyclic amines) is 2. The van der Waals surface area contributed by atoms with Gasteiger partial charge in [-0.1, -0.05) is 12.1 Å². The van der Waals surface area contributed by atoms with Gasteiger partial charge in [-0.15, -0.1) is 0 Å². The van der Waals surface area contributed by atoms with E-state index in [0.29, 0.717) is 24.6 Å². The number of aromatic nitrogens is 2. The second kappa shape index (κ2) is 9.01. The van der Waals surface area contributed by atoms with Gasteiger partial charge in [0.2, 0.25) is 17.8 Å². The zero-order chi connectivity index (χ0) is 22.0. The summed E-state index contributed by atoms with van der Waals surface area (Å²) in [5.74, 6) is 0.553. The van der Waals surface area contributed by atoms with Crippen molar-refractivity contribution in [3.05, 3.63) is 41.7 Å². The number of primary amides is 1. The molecule has 2 amide bonds. The van der Waals surface area contributed by atoms with E-state index >= 15 is 0 Å². The summed E-state index contributed by atoms with van der Waals surface area (Å²) in [4.78, 5) is 39.7. The van der Waals surface area contributed by atoms with Gasteiger partial charge in [-0.2, -0.15) is 0 Å². The first kappa shape index (κ1) is 21.2. The van der Waals surface area contributed by atoms with Crippen LogP contribution < -0.4 is 10.6 Å². The first-order valence-electron chi connectivity index (χ1n) is 10.9. The summed E-state index contributed by atoms with van der Waals surface area (Å²) in [5.41, 5.74) is 8.66. The van der Waals surface area contributed by atoms with Crippen molar-refractivity contribution in [2.75, 3.05) is 51.7 Å². The third kappa shape index (κ3) is 4.69. The third-order valence-corrected chi connectivity index (χ3v) is 6.17. The number of hydrogen-bond donors (Lipinski definition) is 1. The molecule has 2 fully saturated rings. The predicted octanol–water partition coefficient (Wildman–Crippen LogP) is 1.72. The van der Waals surface area contributed by atoms with Gasteiger partial charge in [-0.05, 0) is 50.0 Å². The Balaban J connectivity index is 1.58. The molecule has 3 heterocycles. The topological polar surface area (TPSA) is 95.7 Å². The van der Waals surface area contributed by atoms with E-state index in [2.05, 4.69) is 9.88 Å². The lowest BCUT2D eigenvalue weighted by Gasteiger charge is -2.22. The van der Waals surface area contributed by atoms with E-state index in [4.69, 9.17) is 10.7 Å². The van der Waals surface area contributed by atoms with Crippen molar-refractivity contribution in [3.63, 3.8) is 0 Å². The molecule has 2 aliphatic heterocycles. The average molecular weight is 423 g/mol. The van der Waals surface area contributed by atoms with Crippen LogP contribution in [0, 0.1) is 0 Å². The molecule has 8 heteroatoms. The molecular formula is C23H30N6O2. The van der Waals surface area contributed by atoms with E-state index in [1.807, 2.05) is 42.2 Å². The van der Waals surface area contributed by atoms with Gasteiger partial charge in [0, 0.05) is 50.4 Å². The molecule has 31 heavy (non-hydrogen) atoms. The van der Waals surface area contributed by atoms with Crippen LogP contribution in [0.2, 0.25) is 0 Å². The fraction of sp³-hybridized carbons (Fsp3) is 0.478. The summed E-state index contributed by atoms with van der Waals surface area (Å²) in [6, 6.07) is 7.20. The minimum atomic E-state index is -0.450. The van der Waals surface area contributed by atoms with Crippen LogP contribution in [0.4, 0.5) is 5.95 Å². The Morgan fingerprint density at radius 3 is 2.48 bits per heavy atom. The molecule has 1 aromatic heterocycles. The van der Waals surface area contributed by atoms with Gasteiger partial charge in [0.25, 0.3) is 0 Å². The highest BCUT2D eigenvalue weighted by molar-refractivity contribution is 5.93. The number of nitrogens with zero attached hydrogens (tertiary/aromatic N) is 5. The highest BCUT2D eigenvalue weighted by Gasteiger charge is 2.31. The van der Waals surface area contributed by atoms with Gasteiger partial charge < -0.3 is 15.5 Å². The molecule has 2 aromatic rings. The molecule has 0 radical (unpaired) electrons. The Bertz CT molecular complexity index is 953. The van der Waals surface area contributed by atoms with Crippen LogP contribution in [0.15, 0.2) is 30.5 Å². The summed E-state index contributed by atoms with van der Waals surface area (Å²) in [5, 5.41) is 0. The van der Waals surface area contributed by atoms with Gasteiger partial charge in [0.05, 0.1) is 12.2 Å². The molecule has 8 nitrogen and oxygen atoms in total. The molecule has 0 saturated carbocycles. The summed E-state index contributed by atoms with van der Waals surface area (Å²) < 4.78 is 0. The number of hydrogen-bond acceptors (Lipinski definition) is 6.